The molecule has 0 spiro atoms. The van der Waals surface area contributed by atoms with Crippen molar-refractivity contribution in [3.63, 3.8) is 0 Å². The maximum Gasteiger partial charge on any atom is 0.259 e. The number of aromatic nitrogens is 2. The molecule has 3 heterocycles. The summed E-state index contributed by atoms with van der Waals surface area (Å²) in [6, 6.07) is 3.59. The summed E-state index contributed by atoms with van der Waals surface area (Å²) in [7, 11) is 0. The van der Waals surface area contributed by atoms with Crippen LogP contribution in [0.5, 0.6) is 0 Å². The van der Waals surface area contributed by atoms with Gasteiger partial charge in [-0.15, -0.1) is 0 Å². The molecule has 0 aromatic carbocycles. The van der Waals surface area contributed by atoms with Gasteiger partial charge in [0.1, 0.15) is 17.4 Å². The second-order valence-electron chi connectivity index (χ2n) is 5.19. The fourth-order valence-electron chi connectivity index (χ4n) is 2.57. The number of aliphatic hydroxyl groups excluding tert-OH is 1. The van der Waals surface area contributed by atoms with E-state index in [1.165, 1.54) is 0 Å². The molecular formula is C15H17N3O3. The molecule has 1 atom stereocenters. The van der Waals surface area contributed by atoms with E-state index in [1.807, 2.05) is 6.07 Å². The molecule has 110 valence electrons. The summed E-state index contributed by atoms with van der Waals surface area (Å²) >= 11 is 0. The van der Waals surface area contributed by atoms with E-state index in [9.17, 15) is 9.90 Å². The molecule has 6 heteroatoms. The van der Waals surface area contributed by atoms with Crippen molar-refractivity contribution < 1.29 is 14.4 Å². The first-order valence-corrected chi connectivity index (χ1v) is 7.06. The van der Waals surface area contributed by atoms with Gasteiger partial charge >= 0.3 is 0 Å². The highest BCUT2D eigenvalue weighted by Gasteiger charge is 2.30. The number of rotatable bonds is 3. The van der Waals surface area contributed by atoms with E-state index in [-0.39, 0.29) is 11.7 Å². The summed E-state index contributed by atoms with van der Waals surface area (Å²) in [5, 5.41) is 13.8. The summed E-state index contributed by atoms with van der Waals surface area (Å²) in [5.74, 6) is 0.0780. The van der Waals surface area contributed by atoms with Crippen molar-refractivity contribution in [1.29, 1.82) is 0 Å². The third-order valence-electron chi connectivity index (χ3n) is 3.64. The predicted octanol–water partition coefficient (Wildman–Crippen LogP) is 2.03. The molecule has 21 heavy (non-hydrogen) atoms. The summed E-state index contributed by atoms with van der Waals surface area (Å²) in [5.41, 5.74) is 1.49. The van der Waals surface area contributed by atoms with Crippen LogP contribution in [0.2, 0.25) is 0 Å². The maximum absolute atomic E-state index is 12.7. The summed E-state index contributed by atoms with van der Waals surface area (Å²) in [4.78, 5) is 18.5. The predicted molar refractivity (Wildman–Crippen MR) is 75.5 cm³/mol. The largest absolute Gasteiger partial charge is 0.385 e. The van der Waals surface area contributed by atoms with Gasteiger partial charge in [0, 0.05) is 31.0 Å². The average molecular weight is 287 g/mol. The van der Waals surface area contributed by atoms with Crippen molar-refractivity contribution in [3.05, 3.63) is 35.9 Å². The minimum absolute atomic E-state index is 0.136. The Hall–Kier alpha value is -2.21. The first-order valence-electron chi connectivity index (χ1n) is 7.06. The fraction of sp³-hybridized carbons (Fsp3) is 0.400. The molecule has 2 aromatic rings. The van der Waals surface area contributed by atoms with Crippen molar-refractivity contribution >= 4 is 5.91 Å². The van der Waals surface area contributed by atoms with Gasteiger partial charge in [-0.3, -0.25) is 9.78 Å². The second-order valence-corrected chi connectivity index (χ2v) is 5.19. The Kier molecular flexibility index (Phi) is 3.70. The van der Waals surface area contributed by atoms with Crippen molar-refractivity contribution in [3.8, 4) is 11.3 Å². The van der Waals surface area contributed by atoms with Crippen LogP contribution in [0, 0.1) is 0 Å². The first-order chi connectivity index (χ1) is 10.2. The number of carbonyl (C=O) groups is 1. The van der Waals surface area contributed by atoms with Gasteiger partial charge in [0.2, 0.25) is 0 Å². The van der Waals surface area contributed by atoms with Gasteiger partial charge in [-0.05, 0) is 31.9 Å². The lowest BCUT2D eigenvalue weighted by atomic mass is 10.0. The Labute approximate surface area is 122 Å². The zero-order valence-electron chi connectivity index (χ0n) is 11.8. The van der Waals surface area contributed by atoms with E-state index in [2.05, 4.69) is 10.1 Å². The molecule has 6 nitrogen and oxygen atoms in total. The van der Waals surface area contributed by atoms with Gasteiger partial charge < -0.3 is 14.5 Å². The Bertz CT molecular complexity index is 631. The Morgan fingerprint density at radius 1 is 1.43 bits per heavy atom. The number of nitrogens with zero attached hydrogens (tertiary/aromatic N) is 3. The third kappa shape index (κ3) is 2.54. The van der Waals surface area contributed by atoms with Crippen molar-refractivity contribution in [1.82, 2.24) is 15.0 Å². The molecule has 3 rings (SSSR count). The highest BCUT2D eigenvalue weighted by molar-refractivity contribution is 6.01. The molecule has 1 aliphatic rings. The van der Waals surface area contributed by atoms with Crippen molar-refractivity contribution in [2.24, 2.45) is 0 Å². The molecule has 1 amide bonds. The zero-order valence-corrected chi connectivity index (χ0v) is 11.8. The summed E-state index contributed by atoms with van der Waals surface area (Å²) < 4.78 is 5.22. The van der Waals surface area contributed by atoms with E-state index in [1.54, 1.807) is 30.3 Å². The van der Waals surface area contributed by atoms with Crippen LogP contribution >= 0.6 is 0 Å². The molecule has 0 bridgehead atoms. The molecule has 1 unspecified atom stereocenters. The van der Waals surface area contributed by atoms with Crippen LogP contribution in [0.4, 0.5) is 0 Å². The van der Waals surface area contributed by atoms with Gasteiger partial charge in [0.05, 0.1) is 0 Å². The standard InChI is InChI=1S/C15H17N3O3/c1-10(19)14-12(15(20)18-7-2-3-8-18)13(17-21-14)11-5-4-6-16-9-11/h4-6,9-10,19H,2-3,7-8H2,1H3. The van der Waals surface area contributed by atoms with Crippen LogP contribution < -0.4 is 0 Å². The quantitative estimate of drug-likeness (QED) is 0.934. The van der Waals surface area contributed by atoms with Crippen LogP contribution in [-0.2, 0) is 0 Å². The Balaban J connectivity index is 2.07. The smallest absolute Gasteiger partial charge is 0.259 e. The zero-order chi connectivity index (χ0) is 14.8. The lowest BCUT2D eigenvalue weighted by Crippen LogP contribution is -2.28. The molecule has 2 aromatic heterocycles. The third-order valence-corrected chi connectivity index (χ3v) is 3.64. The Morgan fingerprint density at radius 3 is 2.81 bits per heavy atom. The fourth-order valence-corrected chi connectivity index (χ4v) is 2.57. The SMILES string of the molecule is CC(O)c1onc(-c2cccnc2)c1C(=O)N1CCCC1. The van der Waals surface area contributed by atoms with E-state index in [0.717, 1.165) is 25.9 Å². The molecule has 1 saturated heterocycles. The second kappa shape index (κ2) is 5.65. The van der Waals surface area contributed by atoms with Crippen LogP contribution in [0.1, 0.15) is 42.0 Å². The molecular weight excluding hydrogens is 270 g/mol. The minimum Gasteiger partial charge on any atom is -0.385 e. The first kappa shape index (κ1) is 13.8. The van der Waals surface area contributed by atoms with E-state index >= 15 is 0 Å². The van der Waals surface area contributed by atoms with Crippen LogP contribution in [0.25, 0.3) is 11.3 Å². The van der Waals surface area contributed by atoms with E-state index < -0.39 is 6.10 Å². The molecule has 1 fully saturated rings. The monoisotopic (exact) mass is 287 g/mol. The van der Waals surface area contributed by atoms with Gasteiger partial charge in [0.15, 0.2) is 5.76 Å². The molecule has 0 aliphatic carbocycles. The van der Waals surface area contributed by atoms with Crippen LogP contribution in [0.15, 0.2) is 29.0 Å². The van der Waals surface area contributed by atoms with Crippen LogP contribution in [0.3, 0.4) is 0 Å². The van der Waals surface area contributed by atoms with Gasteiger partial charge in [0.25, 0.3) is 5.91 Å². The van der Waals surface area contributed by atoms with E-state index in [0.29, 0.717) is 16.8 Å². The number of likely N-dealkylation sites (tertiary alicyclic amines) is 1. The van der Waals surface area contributed by atoms with Crippen molar-refractivity contribution in [2.45, 2.75) is 25.9 Å². The number of pyridine rings is 1. The topological polar surface area (TPSA) is 79.5 Å². The Morgan fingerprint density at radius 2 is 2.19 bits per heavy atom. The molecule has 1 N–H and O–H groups in total. The van der Waals surface area contributed by atoms with Crippen LogP contribution in [-0.4, -0.2) is 39.1 Å². The lowest BCUT2D eigenvalue weighted by molar-refractivity contribution is 0.0781. The number of carbonyl (C=O) groups excluding carboxylic acids is 1. The number of hydrogen-bond acceptors (Lipinski definition) is 5. The lowest BCUT2D eigenvalue weighted by Gasteiger charge is -2.16. The van der Waals surface area contributed by atoms with Crippen molar-refractivity contribution in [2.75, 3.05) is 13.1 Å². The van der Waals surface area contributed by atoms with Gasteiger partial charge in [-0.2, -0.15) is 0 Å². The highest BCUT2D eigenvalue weighted by atomic mass is 16.5. The average Bonchev–Trinajstić information content (AvgIpc) is 3.17. The number of amides is 1. The highest BCUT2D eigenvalue weighted by Crippen LogP contribution is 2.30. The minimum atomic E-state index is -0.885. The summed E-state index contributed by atoms with van der Waals surface area (Å²) in [6.07, 6.45) is 4.41. The normalized spacial score (nSPS) is 16.2. The van der Waals surface area contributed by atoms with E-state index in [4.69, 9.17) is 4.52 Å². The molecule has 0 radical (unpaired) electrons. The molecule has 1 aliphatic heterocycles. The summed E-state index contributed by atoms with van der Waals surface area (Å²) in [6.45, 7) is 3.03. The van der Waals surface area contributed by atoms with Gasteiger partial charge in [-0.1, -0.05) is 5.16 Å². The number of aliphatic hydroxyl groups is 1. The van der Waals surface area contributed by atoms with Gasteiger partial charge in [-0.25, -0.2) is 0 Å². The maximum atomic E-state index is 12.7. The number of hydrogen-bond donors (Lipinski definition) is 1. The molecule has 0 saturated carbocycles.